The molecule has 0 atom stereocenters. The van der Waals surface area contributed by atoms with Crippen LogP contribution in [0.15, 0.2) is 54.6 Å². The maximum atomic E-state index is 13.9. The van der Waals surface area contributed by atoms with Crippen molar-refractivity contribution in [2.75, 3.05) is 5.32 Å². The molecule has 0 saturated heterocycles. The van der Waals surface area contributed by atoms with Crippen LogP contribution in [0, 0.1) is 25.5 Å². The van der Waals surface area contributed by atoms with Crippen LogP contribution in [-0.2, 0) is 0 Å². The third-order valence-electron chi connectivity index (χ3n) is 4.36. The Labute approximate surface area is 159 Å². The van der Waals surface area contributed by atoms with Crippen molar-refractivity contribution in [1.82, 2.24) is 14.8 Å². The van der Waals surface area contributed by atoms with E-state index < -0.39 is 17.5 Å². The summed E-state index contributed by atoms with van der Waals surface area (Å²) in [5.41, 5.74) is 2.62. The van der Waals surface area contributed by atoms with Gasteiger partial charge in [0.1, 0.15) is 11.6 Å². The van der Waals surface area contributed by atoms with Crippen LogP contribution in [0.3, 0.4) is 0 Å². The number of pyridine rings is 1. The summed E-state index contributed by atoms with van der Waals surface area (Å²) >= 11 is 0. The number of aromatic nitrogens is 3. The number of amides is 1. The van der Waals surface area contributed by atoms with Crippen LogP contribution in [0.5, 0.6) is 0 Å². The highest BCUT2D eigenvalue weighted by atomic mass is 19.1. The number of fused-ring (bicyclic) bond motifs is 1. The standard InChI is InChI=1S/C21H16F2N4O/c1-12-10-16(21(28)25-18-11-14(22)8-9-17(18)23)19-13(2)26-27(20(19)24-12)15-6-4-3-5-7-15/h3-11H,1-2H3,(H,25,28). The minimum Gasteiger partial charge on any atom is -0.319 e. The summed E-state index contributed by atoms with van der Waals surface area (Å²) in [6, 6.07) is 14.0. The van der Waals surface area contributed by atoms with Crippen LogP contribution in [0.2, 0.25) is 0 Å². The van der Waals surface area contributed by atoms with E-state index in [1.165, 1.54) is 0 Å². The molecule has 2 heterocycles. The van der Waals surface area contributed by atoms with Crippen LogP contribution in [-0.4, -0.2) is 20.7 Å². The Morgan fingerprint density at radius 1 is 1.04 bits per heavy atom. The molecule has 2 aromatic heterocycles. The Balaban J connectivity index is 1.84. The molecule has 0 spiro atoms. The van der Waals surface area contributed by atoms with Gasteiger partial charge < -0.3 is 5.32 Å². The van der Waals surface area contributed by atoms with E-state index in [1.807, 2.05) is 30.3 Å². The van der Waals surface area contributed by atoms with Gasteiger partial charge in [0.15, 0.2) is 5.65 Å². The van der Waals surface area contributed by atoms with Crippen molar-refractivity contribution in [3.05, 3.63) is 83.2 Å². The number of carbonyl (C=O) groups is 1. The van der Waals surface area contributed by atoms with E-state index in [-0.39, 0.29) is 5.69 Å². The van der Waals surface area contributed by atoms with Gasteiger partial charge in [0, 0.05) is 11.8 Å². The van der Waals surface area contributed by atoms with Crippen molar-refractivity contribution in [3.63, 3.8) is 0 Å². The van der Waals surface area contributed by atoms with Gasteiger partial charge in [-0.1, -0.05) is 18.2 Å². The van der Waals surface area contributed by atoms with Crippen molar-refractivity contribution in [2.45, 2.75) is 13.8 Å². The van der Waals surface area contributed by atoms with Gasteiger partial charge in [0.05, 0.1) is 28.0 Å². The third kappa shape index (κ3) is 3.11. The lowest BCUT2D eigenvalue weighted by Gasteiger charge is -2.09. The van der Waals surface area contributed by atoms with Crippen molar-refractivity contribution < 1.29 is 13.6 Å². The maximum Gasteiger partial charge on any atom is 0.256 e. The molecule has 1 N–H and O–H groups in total. The first-order valence-electron chi connectivity index (χ1n) is 8.63. The third-order valence-corrected chi connectivity index (χ3v) is 4.36. The first-order chi connectivity index (χ1) is 13.4. The number of benzene rings is 2. The minimum atomic E-state index is -0.714. The van der Waals surface area contributed by atoms with Crippen molar-refractivity contribution in [2.24, 2.45) is 0 Å². The molecular weight excluding hydrogens is 362 g/mol. The second-order valence-corrected chi connectivity index (χ2v) is 6.42. The fraction of sp³-hybridized carbons (Fsp3) is 0.0952. The van der Waals surface area contributed by atoms with E-state index in [4.69, 9.17) is 0 Å². The summed E-state index contributed by atoms with van der Waals surface area (Å²) in [5.74, 6) is -1.91. The summed E-state index contributed by atoms with van der Waals surface area (Å²) in [6.45, 7) is 3.54. The Bertz CT molecular complexity index is 1200. The number of hydrogen-bond acceptors (Lipinski definition) is 3. The number of aryl methyl sites for hydroxylation is 2. The van der Waals surface area contributed by atoms with E-state index in [1.54, 1.807) is 24.6 Å². The number of nitrogens with zero attached hydrogens (tertiary/aromatic N) is 3. The first kappa shape index (κ1) is 17.8. The van der Waals surface area contributed by atoms with Crippen LogP contribution in [0.25, 0.3) is 16.7 Å². The molecule has 7 heteroatoms. The molecule has 0 fully saturated rings. The van der Waals surface area contributed by atoms with Gasteiger partial charge in [0.25, 0.3) is 5.91 Å². The largest absolute Gasteiger partial charge is 0.319 e. The molecule has 0 unspecified atom stereocenters. The highest BCUT2D eigenvalue weighted by molar-refractivity contribution is 6.12. The lowest BCUT2D eigenvalue weighted by Crippen LogP contribution is -2.14. The quantitative estimate of drug-likeness (QED) is 0.568. The Hall–Kier alpha value is -3.61. The summed E-state index contributed by atoms with van der Waals surface area (Å²) < 4.78 is 29.0. The summed E-state index contributed by atoms with van der Waals surface area (Å²) in [5, 5.41) is 7.53. The van der Waals surface area contributed by atoms with Crippen LogP contribution in [0.1, 0.15) is 21.7 Å². The average molecular weight is 378 g/mol. The number of rotatable bonds is 3. The lowest BCUT2D eigenvalue weighted by molar-refractivity contribution is 0.102. The zero-order valence-electron chi connectivity index (χ0n) is 15.2. The van der Waals surface area contributed by atoms with E-state index >= 15 is 0 Å². The van der Waals surface area contributed by atoms with E-state index in [2.05, 4.69) is 15.4 Å². The van der Waals surface area contributed by atoms with Crippen LogP contribution in [0.4, 0.5) is 14.5 Å². The predicted molar refractivity (Wildman–Crippen MR) is 103 cm³/mol. The number of anilines is 1. The minimum absolute atomic E-state index is 0.222. The molecule has 140 valence electrons. The van der Waals surface area contributed by atoms with Gasteiger partial charge in [-0.15, -0.1) is 0 Å². The van der Waals surface area contributed by atoms with E-state index in [9.17, 15) is 13.6 Å². The smallest absolute Gasteiger partial charge is 0.256 e. The molecule has 0 aliphatic heterocycles. The monoisotopic (exact) mass is 378 g/mol. The van der Waals surface area contributed by atoms with Gasteiger partial charge >= 0.3 is 0 Å². The number of nitrogens with one attached hydrogen (secondary N) is 1. The zero-order valence-corrected chi connectivity index (χ0v) is 15.2. The summed E-state index contributed by atoms with van der Waals surface area (Å²) in [4.78, 5) is 17.4. The second-order valence-electron chi connectivity index (χ2n) is 6.42. The summed E-state index contributed by atoms with van der Waals surface area (Å²) in [6.07, 6.45) is 0. The fourth-order valence-corrected chi connectivity index (χ4v) is 3.13. The molecule has 0 bridgehead atoms. The van der Waals surface area contributed by atoms with Crippen molar-refractivity contribution in [1.29, 1.82) is 0 Å². The molecule has 0 saturated carbocycles. The second kappa shape index (κ2) is 6.84. The zero-order chi connectivity index (χ0) is 19.8. The van der Waals surface area contributed by atoms with Gasteiger partial charge in [-0.3, -0.25) is 4.79 Å². The molecule has 5 nitrogen and oxygen atoms in total. The SMILES string of the molecule is Cc1cc(C(=O)Nc2cc(F)ccc2F)c2c(C)nn(-c3ccccc3)c2n1. The number of para-hydroxylation sites is 1. The maximum absolute atomic E-state index is 13.9. The molecule has 4 rings (SSSR count). The highest BCUT2D eigenvalue weighted by Gasteiger charge is 2.20. The Morgan fingerprint density at radius 2 is 1.79 bits per heavy atom. The molecule has 4 aromatic rings. The highest BCUT2D eigenvalue weighted by Crippen LogP contribution is 2.26. The molecule has 2 aromatic carbocycles. The van der Waals surface area contributed by atoms with Gasteiger partial charge in [-0.25, -0.2) is 18.4 Å². The first-order valence-corrected chi connectivity index (χ1v) is 8.63. The predicted octanol–water partition coefficient (Wildman–Crippen LogP) is 4.57. The average Bonchev–Trinajstić information content (AvgIpc) is 3.01. The number of hydrogen-bond donors (Lipinski definition) is 1. The lowest BCUT2D eigenvalue weighted by atomic mass is 10.1. The molecule has 0 aliphatic carbocycles. The van der Waals surface area contributed by atoms with Crippen molar-refractivity contribution in [3.8, 4) is 5.69 Å². The van der Waals surface area contributed by atoms with Gasteiger partial charge in [-0.2, -0.15) is 5.10 Å². The summed E-state index contributed by atoms with van der Waals surface area (Å²) in [7, 11) is 0. The van der Waals surface area contributed by atoms with E-state index in [0.29, 0.717) is 28.0 Å². The van der Waals surface area contributed by atoms with E-state index in [0.717, 1.165) is 23.9 Å². The fourth-order valence-electron chi connectivity index (χ4n) is 3.13. The normalized spacial score (nSPS) is 11.0. The molecule has 0 aliphatic rings. The molecule has 0 radical (unpaired) electrons. The molecular formula is C21H16F2N4O. The Morgan fingerprint density at radius 3 is 2.54 bits per heavy atom. The Kier molecular flexibility index (Phi) is 4.35. The topological polar surface area (TPSA) is 59.8 Å². The number of carbonyl (C=O) groups excluding carboxylic acids is 1. The van der Waals surface area contributed by atoms with Crippen LogP contribution >= 0.6 is 0 Å². The molecule has 28 heavy (non-hydrogen) atoms. The van der Waals surface area contributed by atoms with Crippen LogP contribution < -0.4 is 5.32 Å². The van der Waals surface area contributed by atoms with Gasteiger partial charge in [-0.05, 0) is 44.2 Å². The molecule has 1 amide bonds. The van der Waals surface area contributed by atoms with Gasteiger partial charge in [0.2, 0.25) is 0 Å². The number of halogens is 2. The van der Waals surface area contributed by atoms with Crippen molar-refractivity contribution >= 4 is 22.6 Å².